The van der Waals surface area contributed by atoms with Gasteiger partial charge in [-0.15, -0.1) is 0 Å². The van der Waals surface area contributed by atoms with E-state index < -0.39 is 17.9 Å². The topological polar surface area (TPSA) is 88.1 Å². The molecule has 0 aliphatic rings. The largest absolute Gasteiger partial charge is 0.490 e. The molecule has 0 heterocycles. The maximum absolute atomic E-state index is 12.2. The molecule has 40 heavy (non-hydrogen) atoms. The summed E-state index contributed by atoms with van der Waals surface area (Å²) < 4.78 is 20.7. The Hall–Kier alpha value is -4.91. The normalized spacial score (nSPS) is 10.5. The number of carbonyl (C=O) groups excluding carboxylic acids is 3. The Balaban J connectivity index is 1.49. The van der Waals surface area contributed by atoms with Crippen molar-refractivity contribution in [3.05, 3.63) is 109 Å². The van der Waals surface area contributed by atoms with Gasteiger partial charge in [0.2, 0.25) is 0 Å². The summed E-state index contributed by atoms with van der Waals surface area (Å²) in [4.78, 5) is 34.9. The van der Waals surface area contributed by atoms with Crippen LogP contribution in [0.1, 0.15) is 30.9 Å². The lowest BCUT2D eigenvalue weighted by Gasteiger charge is -2.08. The second kappa shape index (κ2) is 15.5. The third kappa shape index (κ3) is 9.76. The van der Waals surface area contributed by atoms with Gasteiger partial charge in [-0.3, -0.25) is 4.79 Å². The van der Waals surface area contributed by atoms with Gasteiger partial charge in [0.1, 0.15) is 24.7 Å². The smallest absolute Gasteiger partial charge is 0.339 e. The molecule has 0 saturated carbocycles. The van der Waals surface area contributed by atoms with Gasteiger partial charge in [0.05, 0.1) is 13.0 Å². The van der Waals surface area contributed by atoms with Gasteiger partial charge in [0.15, 0.2) is 0 Å². The van der Waals surface area contributed by atoms with E-state index in [1.807, 2.05) is 79.7 Å². The molecule has 0 amide bonds. The van der Waals surface area contributed by atoms with E-state index in [2.05, 4.69) is 13.2 Å². The summed E-state index contributed by atoms with van der Waals surface area (Å²) in [6.07, 6.45) is 5.65. The van der Waals surface area contributed by atoms with Gasteiger partial charge in [0, 0.05) is 11.6 Å². The van der Waals surface area contributed by atoms with Gasteiger partial charge in [-0.25, -0.2) is 9.59 Å². The van der Waals surface area contributed by atoms with Crippen LogP contribution >= 0.6 is 0 Å². The zero-order valence-electron chi connectivity index (χ0n) is 22.5. The molecule has 7 nitrogen and oxygen atoms in total. The minimum Gasteiger partial charge on any atom is -0.490 e. The first-order valence-electron chi connectivity index (χ1n) is 12.8. The molecule has 0 spiro atoms. The molecule has 0 aliphatic heterocycles. The van der Waals surface area contributed by atoms with Crippen molar-refractivity contribution in [3.8, 4) is 22.6 Å². The predicted molar refractivity (Wildman–Crippen MR) is 155 cm³/mol. The van der Waals surface area contributed by atoms with Crippen molar-refractivity contribution in [1.29, 1.82) is 0 Å². The molecule has 3 rings (SSSR count). The van der Waals surface area contributed by atoms with Crippen LogP contribution < -0.4 is 9.47 Å². The fourth-order valence-electron chi connectivity index (χ4n) is 3.42. The van der Waals surface area contributed by atoms with Crippen LogP contribution in [-0.4, -0.2) is 37.7 Å². The Labute approximate surface area is 234 Å². The Morgan fingerprint density at radius 3 is 1.85 bits per heavy atom. The molecule has 0 bridgehead atoms. The van der Waals surface area contributed by atoms with Crippen LogP contribution in [-0.2, 0) is 23.9 Å². The third-order valence-electron chi connectivity index (χ3n) is 5.53. The van der Waals surface area contributed by atoms with Crippen molar-refractivity contribution in [3.63, 3.8) is 0 Å². The quantitative estimate of drug-likeness (QED) is 0.0765. The molecular weight excluding hydrogens is 508 g/mol. The second-order valence-corrected chi connectivity index (χ2v) is 8.66. The lowest BCUT2D eigenvalue weighted by atomic mass is 10.0. The van der Waals surface area contributed by atoms with Gasteiger partial charge < -0.3 is 18.9 Å². The molecular formula is C33H32O7. The highest BCUT2D eigenvalue weighted by Crippen LogP contribution is 2.24. The monoisotopic (exact) mass is 540 g/mol. The molecule has 0 aromatic heterocycles. The number of ether oxygens (including phenoxy) is 4. The number of hydrogen-bond acceptors (Lipinski definition) is 7. The lowest BCUT2D eigenvalue weighted by molar-refractivity contribution is -0.144. The number of carbonyl (C=O) groups is 3. The van der Waals surface area contributed by atoms with Gasteiger partial charge in [-0.1, -0.05) is 80.8 Å². The van der Waals surface area contributed by atoms with E-state index in [0.717, 1.165) is 28.3 Å². The summed E-state index contributed by atoms with van der Waals surface area (Å²) in [6.45, 7) is 9.60. The van der Waals surface area contributed by atoms with Crippen LogP contribution in [0.2, 0.25) is 0 Å². The van der Waals surface area contributed by atoms with E-state index in [1.54, 1.807) is 12.1 Å². The van der Waals surface area contributed by atoms with E-state index >= 15 is 0 Å². The van der Waals surface area contributed by atoms with Crippen LogP contribution in [0.5, 0.6) is 11.5 Å². The lowest BCUT2D eigenvalue weighted by Crippen LogP contribution is -2.15. The average Bonchev–Trinajstić information content (AvgIpc) is 2.98. The van der Waals surface area contributed by atoms with E-state index in [-0.39, 0.29) is 25.2 Å². The van der Waals surface area contributed by atoms with Crippen molar-refractivity contribution < 1.29 is 33.3 Å². The number of esters is 3. The summed E-state index contributed by atoms with van der Waals surface area (Å²) in [7, 11) is 0. The highest BCUT2D eigenvalue weighted by Gasteiger charge is 2.15. The molecule has 0 aliphatic carbocycles. The summed E-state index contributed by atoms with van der Waals surface area (Å²) >= 11 is 0. The zero-order chi connectivity index (χ0) is 28.7. The summed E-state index contributed by atoms with van der Waals surface area (Å²) in [6, 6.07) is 22.8. The standard InChI is InChI=1S/C33H32O7/c1-4-20-38-32(35)23-24(3)33(36)40-30-18-14-28(15-19-30)27-12-8-25(9-13-27)6-7-26-10-16-29(17-11-26)37-21-22-39-31(34)5-2/h5-19H,2-4,20-23H2,1H3/b7-6+. The van der Waals surface area contributed by atoms with Gasteiger partial charge >= 0.3 is 17.9 Å². The van der Waals surface area contributed by atoms with Crippen LogP contribution in [0.15, 0.2) is 97.6 Å². The Kier molecular flexibility index (Phi) is 11.5. The molecule has 206 valence electrons. The zero-order valence-corrected chi connectivity index (χ0v) is 22.5. The summed E-state index contributed by atoms with van der Waals surface area (Å²) in [5, 5.41) is 0. The first-order chi connectivity index (χ1) is 19.4. The van der Waals surface area contributed by atoms with E-state index in [4.69, 9.17) is 18.9 Å². The molecule has 3 aromatic carbocycles. The van der Waals surface area contributed by atoms with Crippen molar-refractivity contribution >= 4 is 30.1 Å². The maximum Gasteiger partial charge on any atom is 0.339 e. The summed E-state index contributed by atoms with van der Waals surface area (Å²) in [5.41, 5.74) is 4.07. The summed E-state index contributed by atoms with van der Waals surface area (Å²) in [5.74, 6) is -0.577. The molecule has 0 atom stereocenters. The Morgan fingerprint density at radius 1 is 0.725 bits per heavy atom. The molecule has 0 unspecified atom stereocenters. The first-order valence-corrected chi connectivity index (χ1v) is 12.8. The van der Waals surface area contributed by atoms with E-state index in [9.17, 15) is 14.4 Å². The predicted octanol–water partition coefficient (Wildman–Crippen LogP) is 6.44. The van der Waals surface area contributed by atoms with Crippen molar-refractivity contribution in [2.45, 2.75) is 19.8 Å². The minimum atomic E-state index is -0.661. The van der Waals surface area contributed by atoms with Gasteiger partial charge in [-0.05, 0) is 52.9 Å². The molecule has 0 fully saturated rings. The third-order valence-corrected chi connectivity index (χ3v) is 5.53. The van der Waals surface area contributed by atoms with Crippen LogP contribution in [0, 0.1) is 0 Å². The van der Waals surface area contributed by atoms with Crippen molar-refractivity contribution in [1.82, 2.24) is 0 Å². The van der Waals surface area contributed by atoms with Crippen LogP contribution in [0.25, 0.3) is 23.3 Å². The molecule has 0 saturated heterocycles. The van der Waals surface area contributed by atoms with E-state index in [1.165, 1.54) is 0 Å². The van der Waals surface area contributed by atoms with Crippen LogP contribution in [0.4, 0.5) is 0 Å². The van der Waals surface area contributed by atoms with Crippen molar-refractivity contribution in [2.75, 3.05) is 19.8 Å². The Morgan fingerprint density at radius 2 is 1.27 bits per heavy atom. The first kappa shape index (κ1) is 29.6. The Bertz CT molecular complexity index is 1340. The molecule has 0 N–H and O–H groups in total. The minimum absolute atomic E-state index is 0.0434. The second-order valence-electron chi connectivity index (χ2n) is 8.66. The maximum atomic E-state index is 12.2. The van der Waals surface area contributed by atoms with Gasteiger partial charge in [-0.2, -0.15) is 0 Å². The molecule has 0 radical (unpaired) electrons. The highest BCUT2D eigenvalue weighted by atomic mass is 16.6. The fourth-order valence-corrected chi connectivity index (χ4v) is 3.42. The molecule has 7 heteroatoms. The highest BCUT2D eigenvalue weighted by molar-refractivity contribution is 5.94. The SMILES string of the molecule is C=CC(=O)OCCOc1ccc(/C=C/c2ccc(-c3ccc(OC(=O)C(=C)CC(=O)OCCC)cc3)cc2)cc1. The van der Waals surface area contributed by atoms with Crippen LogP contribution in [0.3, 0.4) is 0 Å². The van der Waals surface area contributed by atoms with Crippen molar-refractivity contribution in [2.24, 2.45) is 0 Å². The van der Waals surface area contributed by atoms with E-state index in [0.29, 0.717) is 24.5 Å². The number of benzene rings is 3. The number of rotatable bonds is 14. The van der Waals surface area contributed by atoms with Gasteiger partial charge in [0.25, 0.3) is 0 Å². The average molecular weight is 541 g/mol. The number of hydrogen-bond donors (Lipinski definition) is 0. The fraction of sp³-hybridized carbons (Fsp3) is 0.182. The molecule has 3 aromatic rings.